The van der Waals surface area contributed by atoms with E-state index in [1.165, 1.54) is 31.4 Å². The fourth-order valence-electron chi connectivity index (χ4n) is 3.46. The molecule has 1 aromatic rings. The lowest BCUT2D eigenvalue weighted by molar-refractivity contribution is 0.229. The minimum atomic E-state index is -0.132. The van der Waals surface area contributed by atoms with Crippen molar-refractivity contribution in [2.45, 2.75) is 25.7 Å². The predicted octanol–water partition coefficient (Wildman–Crippen LogP) is 2.76. The molecule has 2 heteroatoms. The first-order chi connectivity index (χ1) is 7.76. The standard InChI is InChI=1S/C14H18FN/c15-13-3-1-11(2-4-13)7-14-6-5-12(8-14)9-16-10-14/h1-4,12,16H,5-10H2. The Labute approximate surface area is 96.1 Å². The summed E-state index contributed by atoms with van der Waals surface area (Å²) in [6.45, 7) is 2.34. The van der Waals surface area contributed by atoms with Crippen LogP contribution in [0.3, 0.4) is 0 Å². The van der Waals surface area contributed by atoms with Crippen LogP contribution in [0.5, 0.6) is 0 Å². The zero-order valence-electron chi connectivity index (χ0n) is 9.51. The summed E-state index contributed by atoms with van der Waals surface area (Å²) in [6, 6.07) is 7.03. The third kappa shape index (κ3) is 1.86. The maximum Gasteiger partial charge on any atom is 0.123 e. The van der Waals surface area contributed by atoms with Gasteiger partial charge in [0.15, 0.2) is 0 Å². The molecule has 2 fully saturated rings. The second-order valence-electron chi connectivity index (χ2n) is 5.54. The number of nitrogens with one attached hydrogen (secondary N) is 1. The van der Waals surface area contributed by atoms with E-state index < -0.39 is 0 Å². The summed E-state index contributed by atoms with van der Waals surface area (Å²) in [4.78, 5) is 0. The summed E-state index contributed by atoms with van der Waals surface area (Å²) in [7, 11) is 0. The molecule has 0 radical (unpaired) electrons. The zero-order valence-corrected chi connectivity index (χ0v) is 9.51. The number of fused-ring (bicyclic) bond motifs is 2. The summed E-state index contributed by atoms with van der Waals surface area (Å²) in [6.07, 6.45) is 5.17. The number of benzene rings is 1. The van der Waals surface area contributed by atoms with Crippen molar-refractivity contribution in [1.82, 2.24) is 5.32 Å². The van der Waals surface area contributed by atoms with Gasteiger partial charge in [-0.05, 0) is 61.3 Å². The fraction of sp³-hybridized carbons (Fsp3) is 0.571. The van der Waals surface area contributed by atoms with Crippen LogP contribution in [-0.4, -0.2) is 13.1 Å². The molecule has 1 aliphatic heterocycles. The largest absolute Gasteiger partial charge is 0.316 e. The Kier molecular flexibility index (Phi) is 2.47. The van der Waals surface area contributed by atoms with Gasteiger partial charge in [0.05, 0.1) is 0 Å². The summed E-state index contributed by atoms with van der Waals surface area (Å²) >= 11 is 0. The van der Waals surface area contributed by atoms with E-state index in [4.69, 9.17) is 0 Å². The highest BCUT2D eigenvalue weighted by Gasteiger charge is 2.41. The van der Waals surface area contributed by atoms with Crippen LogP contribution in [-0.2, 0) is 6.42 Å². The van der Waals surface area contributed by atoms with Crippen molar-refractivity contribution in [3.8, 4) is 0 Å². The maximum atomic E-state index is 12.8. The highest BCUT2D eigenvalue weighted by Crippen LogP contribution is 2.45. The second-order valence-corrected chi connectivity index (χ2v) is 5.54. The van der Waals surface area contributed by atoms with E-state index in [9.17, 15) is 4.39 Å². The smallest absolute Gasteiger partial charge is 0.123 e. The first-order valence-corrected chi connectivity index (χ1v) is 6.21. The van der Waals surface area contributed by atoms with Gasteiger partial charge >= 0.3 is 0 Å². The van der Waals surface area contributed by atoms with Crippen LogP contribution in [0.1, 0.15) is 24.8 Å². The predicted molar refractivity (Wildman–Crippen MR) is 62.7 cm³/mol. The van der Waals surface area contributed by atoms with Gasteiger partial charge in [0, 0.05) is 6.54 Å². The van der Waals surface area contributed by atoms with Crippen LogP contribution < -0.4 is 5.32 Å². The zero-order chi connectivity index (χ0) is 11.0. The average Bonchev–Trinajstić information content (AvgIpc) is 2.58. The second kappa shape index (κ2) is 3.85. The molecular weight excluding hydrogens is 201 g/mol. The minimum absolute atomic E-state index is 0.132. The van der Waals surface area contributed by atoms with Crippen LogP contribution in [0.15, 0.2) is 24.3 Å². The van der Waals surface area contributed by atoms with Gasteiger partial charge in [-0.1, -0.05) is 12.1 Å². The fourth-order valence-corrected chi connectivity index (χ4v) is 3.46. The highest BCUT2D eigenvalue weighted by atomic mass is 19.1. The van der Waals surface area contributed by atoms with Crippen molar-refractivity contribution in [2.24, 2.45) is 11.3 Å². The molecule has 2 unspecified atom stereocenters. The van der Waals surface area contributed by atoms with E-state index in [1.54, 1.807) is 12.1 Å². The van der Waals surface area contributed by atoms with Crippen LogP contribution >= 0.6 is 0 Å². The van der Waals surface area contributed by atoms with Crippen molar-refractivity contribution in [3.05, 3.63) is 35.6 Å². The highest BCUT2D eigenvalue weighted by molar-refractivity contribution is 5.19. The van der Waals surface area contributed by atoms with Crippen molar-refractivity contribution < 1.29 is 4.39 Å². The maximum absolute atomic E-state index is 12.8. The SMILES string of the molecule is Fc1ccc(CC23CCC(CNC2)C3)cc1. The topological polar surface area (TPSA) is 12.0 Å². The van der Waals surface area contributed by atoms with Crippen molar-refractivity contribution in [3.63, 3.8) is 0 Å². The van der Waals surface area contributed by atoms with Crippen molar-refractivity contribution in [2.75, 3.05) is 13.1 Å². The molecule has 1 saturated heterocycles. The van der Waals surface area contributed by atoms with E-state index >= 15 is 0 Å². The summed E-state index contributed by atoms with van der Waals surface area (Å²) in [5.41, 5.74) is 1.74. The molecule has 2 aliphatic rings. The molecule has 2 bridgehead atoms. The van der Waals surface area contributed by atoms with Gasteiger partial charge in [-0.15, -0.1) is 0 Å². The number of rotatable bonds is 2. The molecule has 0 aromatic heterocycles. The van der Waals surface area contributed by atoms with E-state index in [0.29, 0.717) is 5.41 Å². The Balaban J connectivity index is 1.76. The van der Waals surface area contributed by atoms with E-state index in [0.717, 1.165) is 18.9 Å². The molecule has 1 nitrogen and oxygen atoms in total. The molecule has 3 rings (SSSR count). The molecule has 16 heavy (non-hydrogen) atoms. The van der Waals surface area contributed by atoms with Crippen molar-refractivity contribution >= 4 is 0 Å². The van der Waals surface area contributed by atoms with Gasteiger partial charge in [-0.3, -0.25) is 0 Å². The molecule has 0 spiro atoms. The molecule has 1 N–H and O–H groups in total. The number of hydrogen-bond donors (Lipinski definition) is 1. The number of piperidine rings is 1. The Morgan fingerprint density at radius 2 is 2.12 bits per heavy atom. The monoisotopic (exact) mass is 219 g/mol. The Morgan fingerprint density at radius 3 is 2.94 bits per heavy atom. The lowest BCUT2D eigenvalue weighted by atomic mass is 9.77. The van der Waals surface area contributed by atoms with Gasteiger partial charge in [0.2, 0.25) is 0 Å². The molecule has 86 valence electrons. The number of hydrogen-bond acceptors (Lipinski definition) is 1. The minimum Gasteiger partial charge on any atom is -0.316 e. The first-order valence-electron chi connectivity index (χ1n) is 6.21. The lowest BCUT2D eigenvalue weighted by Crippen LogP contribution is -2.40. The Bertz CT molecular complexity index is 369. The Morgan fingerprint density at radius 1 is 1.31 bits per heavy atom. The molecule has 2 atom stereocenters. The lowest BCUT2D eigenvalue weighted by Gasteiger charge is -2.34. The van der Waals surface area contributed by atoms with Gasteiger partial charge in [-0.2, -0.15) is 0 Å². The summed E-state index contributed by atoms with van der Waals surface area (Å²) in [5.74, 6) is 0.751. The third-order valence-corrected chi connectivity index (χ3v) is 4.23. The van der Waals surface area contributed by atoms with Crippen LogP contribution in [0.4, 0.5) is 4.39 Å². The van der Waals surface area contributed by atoms with Crippen LogP contribution in [0.2, 0.25) is 0 Å². The van der Waals surface area contributed by atoms with Gasteiger partial charge in [-0.25, -0.2) is 4.39 Å². The number of halogens is 1. The van der Waals surface area contributed by atoms with Crippen LogP contribution in [0.25, 0.3) is 0 Å². The molecule has 1 heterocycles. The van der Waals surface area contributed by atoms with E-state index in [1.807, 2.05) is 12.1 Å². The molecule has 1 aliphatic carbocycles. The molecule has 0 amide bonds. The van der Waals surface area contributed by atoms with Gasteiger partial charge in [0.25, 0.3) is 0 Å². The quantitative estimate of drug-likeness (QED) is 0.806. The first kappa shape index (κ1) is 10.3. The Hall–Kier alpha value is -0.890. The summed E-state index contributed by atoms with van der Waals surface area (Å²) < 4.78 is 12.8. The normalized spacial score (nSPS) is 32.9. The molecular formula is C14H18FN. The average molecular weight is 219 g/mol. The van der Waals surface area contributed by atoms with E-state index in [2.05, 4.69) is 5.32 Å². The van der Waals surface area contributed by atoms with E-state index in [-0.39, 0.29) is 5.82 Å². The van der Waals surface area contributed by atoms with Gasteiger partial charge in [0.1, 0.15) is 5.82 Å². The molecule has 1 saturated carbocycles. The van der Waals surface area contributed by atoms with Gasteiger partial charge < -0.3 is 5.32 Å². The van der Waals surface area contributed by atoms with Crippen molar-refractivity contribution in [1.29, 1.82) is 0 Å². The summed E-state index contributed by atoms with van der Waals surface area (Å²) in [5, 5.41) is 3.55. The van der Waals surface area contributed by atoms with Crippen LogP contribution in [0, 0.1) is 17.2 Å². The third-order valence-electron chi connectivity index (χ3n) is 4.23. The molecule has 1 aromatic carbocycles.